The minimum atomic E-state index is -0.598. The summed E-state index contributed by atoms with van der Waals surface area (Å²) in [6.07, 6.45) is 0.159. The Balaban J connectivity index is 2.92. The molecule has 0 aliphatic carbocycles. The quantitative estimate of drug-likeness (QED) is 0.794. The van der Waals surface area contributed by atoms with Gasteiger partial charge < -0.3 is 15.6 Å². The lowest BCUT2D eigenvalue weighted by atomic mass is 9.99. The largest absolute Gasteiger partial charge is 0.496 e. The lowest BCUT2D eigenvalue weighted by Gasteiger charge is -2.18. The summed E-state index contributed by atoms with van der Waals surface area (Å²) in [4.78, 5) is 0. The Bertz CT molecular complexity index is 325. The van der Waals surface area contributed by atoms with Crippen molar-refractivity contribution in [1.82, 2.24) is 0 Å². The highest BCUT2D eigenvalue weighted by molar-refractivity contribution is 5.37. The number of aryl methyl sites for hydroxylation is 1. The summed E-state index contributed by atoms with van der Waals surface area (Å²) < 4.78 is 5.15. The highest BCUT2D eigenvalue weighted by Gasteiger charge is 2.15. The monoisotopic (exact) mass is 209 g/mol. The van der Waals surface area contributed by atoms with E-state index in [-0.39, 0.29) is 6.04 Å². The first kappa shape index (κ1) is 12.0. The smallest absolute Gasteiger partial charge is 0.121 e. The lowest BCUT2D eigenvalue weighted by Crippen LogP contribution is -2.27. The summed E-state index contributed by atoms with van der Waals surface area (Å²) in [5.41, 5.74) is 7.65. The molecule has 15 heavy (non-hydrogen) atoms. The molecule has 3 nitrogen and oxygen atoms in total. The molecule has 84 valence electrons. The average Bonchev–Trinajstić information content (AvgIpc) is 2.26. The first-order chi connectivity index (χ1) is 7.10. The van der Waals surface area contributed by atoms with Gasteiger partial charge in [-0.2, -0.15) is 0 Å². The number of hydrogen-bond donors (Lipinski definition) is 2. The summed E-state index contributed by atoms with van der Waals surface area (Å²) in [6.45, 7) is 3.91. The standard InChI is InChI=1S/C12H19NO2/c1-4-10(13)12(14)9-5-6-11(15-3)8(2)7-9/h5-7,10,12,14H,4,13H2,1-3H3. The fourth-order valence-electron chi connectivity index (χ4n) is 1.56. The van der Waals surface area contributed by atoms with Crippen molar-refractivity contribution in [3.8, 4) is 5.75 Å². The van der Waals surface area contributed by atoms with Gasteiger partial charge in [0, 0.05) is 6.04 Å². The van der Waals surface area contributed by atoms with Gasteiger partial charge in [-0.1, -0.05) is 13.0 Å². The molecule has 0 spiro atoms. The van der Waals surface area contributed by atoms with Crippen molar-refractivity contribution in [3.05, 3.63) is 29.3 Å². The highest BCUT2D eigenvalue weighted by Crippen LogP contribution is 2.24. The van der Waals surface area contributed by atoms with Crippen LogP contribution < -0.4 is 10.5 Å². The Hall–Kier alpha value is -1.06. The van der Waals surface area contributed by atoms with Gasteiger partial charge in [0.15, 0.2) is 0 Å². The molecule has 0 bridgehead atoms. The summed E-state index contributed by atoms with van der Waals surface area (Å²) in [6, 6.07) is 5.42. The average molecular weight is 209 g/mol. The molecule has 1 rings (SSSR count). The Kier molecular flexibility index (Phi) is 4.12. The van der Waals surface area contributed by atoms with Crippen molar-refractivity contribution in [3.63, 3.8) is 0 Å². The maximum absolute atomic E-state index is 9.91. The second kappa shape index (κ2) is 5.14. The molecule has 0 saturated carbocycles. The van der Waals surface area contributed by atoms with Gasteiger partial charge in [-0.3, -0.25) is 0 Å². The van der Waals surface area contributed by atoms with E-state index in [4.69, 9.17) is 10.5 Å². The summed E-state index contributed by atoms with van der Waals surface area (Å²) in [5, 5.41) is 9.91. The van der Waals surface area contributed by atoms with Crippen LogP contribution in [0.25, 0.3) is 0 Å². The molecule has 0 amide bonds. The van der Waals surface area contributed by atoms with Crippen LogP contribution >= 0.6 is 0 Å². The van der Waals surface area contributed by atoms with Crippen LogP contribution in [0.5, 0.6) is 5.75 Å². The van der Waals surface area contributed by atoms with Crippen LogP contribution in [-0.4, -0.2) is 18.3 Å². The van der Waals surface area contributed by atoms with Gasteiger partial charge in [0.25, 0.3) is 0 Å². The number of rotatable bonds is 4. The Morgan fingerprint density at radius 1 is 1.47 bits per heavy atom. The molecule has 0 radical (unpaired) electrons. The fraction of sp³-hybridized carbons (Fsp3) is 0.500. The number of aliphatic hydroxyl groups is 1. The highest BCUT2D eigenvalue weighted by atomic mass is 16.5. The molecule has 0 aliphatic heterocycles. The molecule has 3 heteroatoms. The normalized spacial score (nSPS) is 14.7. The first-order valence-electron chi connectivity index (χ1n) is 5.18. The van der Waals surface area contributed by atoms with E-state index < -0.39 is 6.10 Å². The van der Waals surface area contributed by atoms with Crippen molar-refractivity contribution in [2.45, 2.75) is 32.4 Å². The number of aliphatic hydroxyl groups excluding tert-OH is 1. The maximum Gasteiger partial charge on any atom is 0.121 e. The minimum Gasteiger partial charge on any atom is -0.496 e. The zero-order chi connectivity index (χ0) is 11.4. The van der Waals surface area contributed by atoms with Gasteiger partial charge in [-0.15, -0.1) is 0 Å². The molecule has 2 unspecified atom stereocenters. The van der Waals surface area contributed by atoms with Gasteiger partial charge in [0.1, 0.15) is 5.75 Å². The summed E-state index contributed by atoms with van der Waals surface area (Å²) in [7, 11) is 1.64. The van der Waals surface area contributed by atoms with Crippen LogP contribution in [0, 0.1) is 6.92 Å². The van der Waals surface area contributed by atoms with E-state index in [1.165, 1.54) is 0 Å². The Morgan fingerprint density at radius 3 is 2.60 bits per heavy atom. The molecule has 0 fully saturated rings. The predicted octanol–water partition coefficient (Wildman–Crippen LogP) is 1.77. The lowest BCUT2D eigenvalue weighted by molar-refractivity contribution is 0.144. The fourth-order valence-corrected chi connectivity index (χ4v) is 1.56. The van der Waals surface area contributed by atoms with Crippen LogP contribution in [0.1, 0.15) is 30.6 Å². The van der Waals surface area contributed by atoms with E-state index in [1.807, 2.05) is 32.0 Å². The zero-order valence-electron chi connectivity index (χ0n) is 9.53. The third-order valence-electron chi connectivity index (χ3n) is 2.64. The summed E-state index contributed by atoms with van der Waals surface area (Å²) >= 11 is 0. The van der Waals surface area contributed by atoms with E-state index in [2.05, 4.69) is 0 Å². The topological polar surface area (TPSA) is 55.5 Å². The number of methoxy groups -OCH3 is 1. The molecule has 1 aromatic rings. The molecule has 2 atom stereocenters. The molecule has 0 aromatic heterocycles. The molecular formula is C12H19NO2. The third kappa shape index (κ3) is 2.70. The Labute approximate surface area is 90.9 Å². The molecule has 0 heterocycles. The minimum absolute atomic E-state index is 0.210. The van der Waals surface area contributed by atoms with Gasteiger partial charge in [0.05, 0.1) is 13.2 Å². The maximum atomic E-state index is 9.91. The van der Waals surface area contributed by atoms with Crippen molar-refractivity contribution in [2.24, 2.45) is 5.73 Å². The van der Waals surface area contributed by atoms with Crippen molar-refractivity contribution < 1.29 is 9.84 Å². The van der Waals surface area contributed by atoms with Gasteiger partial charge in [-0.25, -0.2) is 0 Å². The molecule has 1 aromatic carbocycles. The van der Waals surface area contributed by atoms with Crippen LogP contribution in [0.3, 0.4) is 0 Å². The van der Waals surface area contributed by atoms with Crippen LogP contribution in [-0.2, 0) is 0 Å². The second-order valence-corrected chi connectivity index (χ2v) is 3.75. The SMILES string of the molecule is CCC(N)C(O)c1ccc(OC)c(C)c1. The molecular weight excluding hydrogens is 190 g/mol. The van der Waals surface area contributed by atoms with E-state index in [9.17, 15) is 5.11 Å². The second-order valence-electron chi connectivity index (χ2n) is 3.75. The van der Waals surface area contributed by atoms with Crippen LogP contribution in [0.2, 0.25) is 0 Å². The van der Waals surface area contributed by atoms with Gasteiger partial charge in [0.2, 0.25) is 0 Å². The molecule has 0 saturated heterocycles. The zero-order valence-corrected chi connectivity index (χ0v) is 9.53. The predicted molar refractivity (Wildman–Crippen MR) is 61.0 cm³/mol. The van der Waals surface area contributed by atoms with Gasteiger partial charge >= 0.3 is 0 Å². The third-order valence-corrected chi connectivity index (χ3v) is 2.64. The number of hydrogen-bond acceptors (Lipinski definition) is 3. The van der Waals surface area contributed by atoms with E-state index in [0.717, 1.165) is 23.3 Å². The van der Waals surface area contributed by atoms with Crippen LogP contribution in [0.15, 0.2) is 18.2 Å². The van der Waals surface area contributed by atoms with Crippen molar-refractivity contribution in [1.29, 1.82) is 0 Å². The van der Waals surface area contributed by atoms with E-state index in [1.54, 1.807) is 7.11 Å². The van der Waals surface area contributed by atoms with E-state index in [0.29, 0.717) is 0 Å². The van der Waals surface area contributed by atoms with Gasteiger partial charge in [-0.05, 0) is 36.6 Å². The number of nitrogens with two attached hydrogens (primary N) is 1. The van der Waals surface area contributed by atoms with E-state index >= 15 is 0 Å². The van der Waals surface area contributed by atoms with Crippen molar-refractivity contribution in [2.75, 3.05) is 7.11 Å². The van der Waals surface area contributed by atoms with Crippen LogP contribution in [0.4, 0.5) is 0 Å². The van der Waals surface area contributed by atoms with Crippen molar-refractivity contribution >= 4 is 0 Å². The summed E-state index contributed by atoms with van der Waals surface area (Å²) in [5.74, 6) is 0.830. The number of ether oxygens (including phenoxy) is 1. The first-order valence-corrected chi connectivity index (χ1v) is 5.18. The molecule has 3 N–H and O–H groups in total. The molecule has 0 aliphatic rings. The Morgan fingerprint density at radius 2 is 2.13 bits per heavy atom. The number of benzene rings is 1.